The maximum Gasteiger partial charge on any atom is 0.251 e. The smallest absolute Gasteiger partial charge is 0.251 e. The molecule has 2 aliphatic heterocycles. The van der Waals surface area contributed by atoms with Crippen molar-refractivity contribution in [1.82, 2.24) is 10.2 Å². The Kier molecular flexibility index (Phi) is 6.31. The van der Waals surface area contributed by atoms with Gasteiger partial charge in [0.25, 0.3) is 5.91 Å². The van der Waals surface area contributed by atoms with Crippen LogP contribution in [0.1, 0.15) is 54.1 Å². The first-order chi connectivity index (χ1) is 14.2. The molecule has 4 heteroatoms. The lowest BCUT2D eigenvalue weighted by Gasteiger charge is -2.39. The standard InChI is InChI=1S/C25H32N2O2/c1-2-20-8-10-21(11-9-20)19-27-16-14-25(15-17-27)13-12-23(29-25)18-26-24(28)22-6-4-3-5-7-22/h3-11,23H,2,12-19H2,1H3,(H,26,28)/t23-/m0/s1. The molecule has 154 valence electrons. The number of nitrogens with zero attached hydrogens (tertiary/aromatic N) is 1. The summed E-state index contributed by atoms with van der Waals surface area (Å²) in [6.45, 7) is 5.98. The Balaban J connectivity index is 1.22. The van der Waals surface area contributed by atoms with Gasteiger partial charge in [-0.25, -0.2) is 0 Å². The minimum absolute atomic E-state index is 0.0148. The van der Waals surface area contributed by atoms with Gasteiger partial charge in [0.2, 0.25) is 0 Å². The molecule has 0 unspecified atom stereocenters. The van der Waals surface area contributed by atoms with Crippen LogP contribution in [0.3, 0.4) is 0 Å². The summed E-state index contributed by atoms with van der Waals surface area (Å²) in [4.78, 5) is 14.8. The Hall–Kier alpha value is -2.17. The number of likely N-dealkylation sites (tertiary alicyclic amines) is 1. The fourth-order valence-corrected chi connectivity index (χ4v) is 4.56. The van der Waals surface area contributed by atoms with E-state index in [-0.39, 0.29) is 17.6 Å². The lowest BCUT2D eigenvalue weighted by Crippen LogP contribution is -2.44. The molecule has 2 aliphatic rings. The van der Waals surface area contributed by atoms with Crippen LogP contribution < -0.4 is 5.32 Å². The summed E-state index contributed by atoms with van der Waals surface area (Å²) in [5, 5.41) is 3.04. The minimum atomic E-state index is -0.0148. The van der Waals surface area contributed by atoms with Gasteiger partial charge in [0.05, 0.1) is 11.7 Å². The van der Waals surface area contributed by atoms with E-state index in [4.69, 9.17) is 4.74 Å². The summed E-state index contributed by atoms with van der Waals surface area (Å²) in [6, 6.07) is 18.4. The van der Waals surface area contributed by atoms with Crippen molar-refractivity contribution in [2.24, 2.45) is 0 Å². The van der Waals surface area contributed by atoms with E-state index in [0.717, 1.165) is 51.7 Å². The molecule has 1 atom stereocenters. The molecule has 0 radical (unpaired) electrons. The Morgan fingerprint density at radius 1 is 1.03 bits per heavy atom. The molecule has 1 spiro atoms. The fourth-order valence-electron chi connectivity index (χ4n) is 4.56. The minimum Gasteiger partial charge on any atom is -0.370 e. The van der Waals surface area contributed by atoms with E-state index in [1.54, 1.807) is 0 Å². The Morgan fingerprint density at radius 3 is 2.41 bits per heavy atom. The number of nitrogens with one attached hydrogen (secondary N) is 1. The lowest BCUT2D eigenvalue weighted by atomic mass is 9.88. The molecule has 4 rings (SSSR count). The number of carbonyl (C=O) groups is 1. The van der Waals surface area contributed by atoms with E-state index in [1.165, 1.54) is 11.1 Å². The number of rotatable bonds is 6. The van der Waals surface area contributed by atoms with E-state index in [2.05, 4.69) is 41.4 Å². The zero-order valence-electron chi connectivity index (χ0n) is 17.4. The Bertz CT molecular complexity index is 795. The van der Waals surface area contributed by atoms with Gasteiger partial charge in [-0.3, -0.25) is 9.69 Å². The third kappa shape index (κ3) is 5.06. The van der Waals surface area contributed by atoms with Crippen LogP contribution in [0.25, 0.3) is 0 Å². The summed E-state index contributed by atoms with van der Waals surface area (Å²) >= 11 is 0. The van der Waals surface area contributed by atoms with Gasteiger partial charge in [-0.1, -0.05) is 49.4 Å². The fraction of sp³-hybridized carbons (Fsp3) is 0.480. The molecular formula is C25H32N2O2. The molecule has 2 saturated heterocycles. The molecule has 0 aromatic heterocycles. The van der Waals surface area contributed by atoms with Crippen LogP contribution in [-0.2, 0) is 17.7 Å². The average Bonchev–Trinajstić information content (AvgIpc) is 3.17. The highest BCUT2D eigenvalue weighted by Crippen LogP contribution is 2.39. The monoisotopic (exact) mass is 392 g/mol. The Labute approximate surface area is 174 Å². The predicted octanol–water partition coefficient (Wildman–Crippen LogP) is 4.19. The quantitative estimate of drug-likeness (QED) is 0.801. The van der Waals surface area contributed by atoms with Crippen LogP contribution in [0.5, 0.6) is 0 Å². The number of carbonyl (C=O) groups excluding carboxylic acids is 1. The number of ether oxygens (including phenoxy) is 1. The summed E-state index contributed by atoms with van der Waals surface area (Å²) in [7, 11) is 0. The highest BCUT2D eigenvalue weighted by molar-refractivity contribution is 5.94. The third-order valence-electron chi connectivity index (χ3n) is 6.47. The maximum atomic E-state index is 12.3. The van der Waals surface area contributed by atoms with Gasteiger partial charge >= 0.3 is 0 Å². The number of benzene rings is 2. The van der Waals surface area contributed by atoms with Crippen LogP contribution in [-0.4, -0.2) is 42.1 Å². The second-order valence-electron chi connectivity index (χ2n) is 8.48. The van der Waals surface area contributed by atoms with Crippen molar-refractivity contribution in [3.63, 3.8) is 0 Å². The van der Waals surface area contributed by atoms with Crippen molar-refractivity contribution in [2.45, 2.75) is 57.3 Å². The van der Waals surface area contributed by atoms with Crippen molar-refractivity contribution in [3.8, 4) is 0 Å². The van der Waals surface area contributed by atoms with Gasteiger partial charge in [0.1, 0.15) is 0 Å². The number of aryl methyl sites for hydroxylation is 1. The molecule has 0 aliphatic carbocycles. The maximum absolute atomic E-state index is 12.3. The molecule has 4 nitrogen and oxygen atoms in total. The molecule has 2 heterocycles. The van der Waals surface area contributed by atoms with Crippen molar-refractivity contribution in [2.75, 3.05) is 19.6 Å². The first-order valence-electron chi connectivity index (χ1n) is 11.0. The van der Waals surface area contributed by atoms with Crippen molar-refractivity contribution in [1.29, 1.82) is 0 Å². The first-order valence-corrected chi connectivity index (χ1v) is 11.0. The summed E-state index contributed by atoms with van der Waals surface area (Å²) in [5.74, 6) is -0.0148. The summed E-state index contributed by atoms with van der Waals surface area (Å²) < 4.78 is 6.46. The third-order valence-corrected chi connectivity index (χ3v) is 6.47. The number of amides is 1. The van der Waals surface area contributed by atoms with Crippen molar-refractivity contribution in [3.05, 3.63) is 71.3 Å². The van der Waals surface area contributed by atoms with Crippen LogP contribution in [0, 0.1) is 0 Å². The molecule has 2 aromatic rings. The normalized spacial score (nSPS) is 21.3. The molecule has 1 amide bonds. The molecule has 0 bridgehead atoms. The first kappa shape index (κ1) is 20.1. The zero-order valence-corrected chi connectivity index (χ0v) is 17.4. The van der Waals surface area contributed by atoms with Crippen LogP contribution in [0.4, 0.5) is 0 Å². The van der Waals surface area contributed by atoms with E-state index in [0.29, 0.717) is 12.1 Å². The van der Waals surface area contributed by atoms with Crippen LogP contribution >= 0.6 is 0 Å². The second kappa shape index (κ2) is 9.10. The molecule has 2 aromatic carbocycles. The second-order valence-corrected chi connectivity index (χ2v) is 8.48. The molecule has 29 heavy (non-hydrogen) atoms. The molecule has 2 fully saturated rings. The predicted molar refractivity (Wildman–Crippen MR) is 116 cm³/mol. The van der Waals surface area contributed by atoms with E-state index in [1.807, 2.05) is 30.3 Å². The van der Waals surface area contributed by atoms with Gasteiger partial charge < -0.3 is 10.1 Å². The van der Waals surface area contributed by atoms with Gasteiger partial charge in [0.15, 0.2) is 0 Å². The van der Waals surface area contributed by atoms with Gasteiger partial charge in [0, 0.05) is 31.7 Å². The zero-order chi connectivity index (χ0) is 20.1. The molecule has 0 saturated carbocycles. The number of hydrogen-bond donors (Lipinski definition) is 1. The SMILES string of the molecule is CCc1ccc(CN2CCC3(CC[C@@H](CNC(=O)c4ccccc4)O3)CC2)cc1. The van der Waals surface area contributed by atoms with Crippen molar-refractivity contribution >= 4 is 5.91 Å². The van der Waals surface area contributed by atoms with E-state index < -0.39 is 0 Å². The highest BCUT2D eigenvalue weighted by atomic mass is 16.5. The number of piperidine rings is 1. The van der Waals surface area contributed by atoms with Gasteiger partial charge in [-0.05, 0) is 55.4 Å². The largest absolute Gasteiger partial charge is 0.370 e. The Morgan fingerprint density at radius 2 is 1.72 bits per heavy atom. The van der Waals surface area contributed by atoms with Gasteiger partial charge in [-0.2, -0.15) is 0 Å². The molecular weight excluding hydrogens is 360 g/mol. The topological polar surface area (TPSA) is 41.6 Å². The summed E-state index contributed by atoms with van der Waals surface area (Å²) in [6.07, 6.45) is 5.55. The van der Waals surface area contributed by atoms with E-state index >= 15 is 0 Å². The molecule has 1 N–H and O–H groups in total. The van der Waals surface area contributed by atoms with Crippen LogP contribution in [0.2, 0.25) is 0 Å². The van der Waals surface area contributed by atoms with Crippen LogP contribution in [0.15, 0.2) is 54.6 Å². The highest BCUT2D eigenvalue weighted by Gasteiger charge is 2.42. The van der Waals surface area contributed by atoms with E-state index in [9.17, 15) is 4.79 Å². The lowest BCUT2D eigenvalue weighted by molar-refractivity contribution is -0.0764. The summed E-state index contributed by atoms with van der Waals surface area (Å²) in [5.41, 5.74) is 3.52. The van der Waals surface area contributed by atoms with Crippen molar-refractivity contribution < 1.29 is 9.53 Å². The number of hydrogen-bond acceptors (Lipinski definition) is 3. The average molecular weight is 393 g/mol. The van der Waals surface area contributed by atoms with Gasteiger partial charge in [-0.15, -0.1) is 0 Å².